The molecule has 0 bridgehead atoms. The van der Waals surface area contributed by atoms with Crippen LogP contribution in [0.25, 0.3) is 0 Å². The van der Waals surface area contributed by atoms with Crippen LogP contribution in [0.5, 0.6) is 0 Å². The molecule has 0 saturated carbocycles. The first-order chi connectivity index (χ1) is 8.08. The summed E-state index contributed by atoms with van der Waals surface area (Å²) in [4.78, 5) is 2.46. The molecule has 17 heavy (non-hydrogen) atoms. The van der Waals surface area contributed by atoms with Crippen molar-refractivity contribution in [2.24, 2.45) is 11.7 Å². The van der Waals surface area contributed by atoms with Gasteiger partial charge in [-0.1, -0.05) is 6.92 Å². The summed E-state index contributed by atoms with van der Waals surface area (Å²) in [6.45, 7) is 10.6. The molecule has 2 unspecified atom stereocenters. The highest BCUT2D eigenvalue weighted by molar-refractivity contribution is 5.09. The average Bonchev–Trinajstić information content (AvgIpc) is 2.57. The number of nitrogens with zero attached hydrogens (tertiary/aromatic N) is 3. The van der Waals surface area contributed by atoms with Gasteiger partial charge in [0.05, 0.1) is 11.4 Å². The van der Waals surface area contributed by atoms with Crippen molar-refractivity contribution >= 4 is 0 Å². The molecule has 2 heterocycles. The average molecular weight is 236 g/mol. The fourth-order valence-corrected chi connectivity index (χ4v) is 2.87. The number of rotatable bonds is 3. The van der Waals surface area contributed by atoms with E-state index in [-0.39, 0.29) is 0 Å². The van der Waals surface area contributed by atoms with Crippen LogP contribution < -0.4 is 5.73 Å². The van der Waals surface area contributed by atoms with E-state index >= 15 is 0 Å². The van der Waals surface area contributed by atoms with E-state index in [0.29, 0.717) is 12.0 Å². The lowest BCUT2D eigenvalue weighted by Crippen LogP contribution is -2.46. The Balaban J connectivity index is 2.04. The smallest absolute Gasteiger partial charge is 0.0597 e. The maximum atomic E-state index is 6.08. The van der Waals surface area contributed by atoms with Crippen molar-refractivity contribution in [2.45, 2.75) is 46.3 Å². The molecule has 1 aromatic rings. The highest BCUT2D eigenvalue weighted by Gasteiger charge is 2.22. The molecule has 2 atom stereocenters. The molecule has 4 heteroatoms. The topological polar surface area (TPSA) is 47.1 Å². The lowest BCUT2D eigenvalue weighted by molar-refractivity contribution is 0.154. The van der Waals surface area contributed by atoms with Gasteiger partial charge in [0.2, 0.25) is 0 Å². The first-order valence-corrected chi connectivity index (χ1v) is 6.59. The van der Waals surface area contributed by atoms with Crippen LogP contribution in [0, 0.1) is 12.8 Å². The molecule has 1 fully saturated rings. The quantitative estimate of drug-likeness (QED) is 0.862. The van der Waals surface area contributed by atoms with Crippen molar-refractivity contribution in [1.82, 2.24) is 14.7 Å². The zero-order valence-corrected chi connectivity index (χ0v) is 11.2. The molecule has 1 aliphatic rings. The van der Waals surface area contributed by atoms with Crippen molar-refractivity contribution in [1.29, 1.82) is 0 Å². The van der Waals surface area contributed by atoms with Gasteiger partial charge >= 0.3 is 0 Å². The normalized spacial score (nSPS) is 26.4. The summed E-state index contributed by atoms with van der Waals surface area (Å²) in [6.07, 6.45) is 1.16. The van der Waals surface area contributed by atoms with Gasteiger partial charge in [-0.3, -0.25) is 9.58 Å². The van der Waals surface area contributed by atoms with Crippen LogP contribution in [0.1, 0.15) is 31.7 Å². The van der Waals surface area contributed by atoms with E-state index in [4.69, 9.17) is 5.73 Å². The number of likely N-dealkylation sites (tertiary alicyclic amines) is 1. The maximum Gasteiger partial charge on any atom is 0.0597 e. The summed E-state index contributed by atoms with van der Waals surface area (Å²) in [5, 5.41) is 4.49. The lowest BCUT2D eigenvalue weighted by Gasteiger charge is -2.34. The second kappa shape index (κ2) is 5.19. The van der Waals surface area contributed by atoms with Gasteiger partial charge in [-0.15, -0.1) is 0 Å². The standard InChI is InChI=1S/C13H24N4/c1-4-17-13(6-11(3)15-17)9-16-7-10(2)5-12(14)8-16/h6,10,12H,4-5,7-9,14H2,1-3H3. The zero-order chi connectivity index (χ0) is 12.4. The van der Waals surface area contributed by atoms with E-state index in [0.717, 1.165) is 38.3 Å². The van der Waals surface area contributed by atoms with Crippen LogP contribution in [-0.4, -0.2) is 33.8 Å². The Morgan fingerprint density at radius 3 is 2.88 bits per heavy atom. The van der Waals surface area contributed by atoms with Crippen LogP contribution in [0.3, 0.4) is 0 Å². The van der Waals surface area contributed by atoms with E-state index in [1.165, 1.54) is 5.69 Å². The minimum Gasteiger partial charge on any atom is -0.327 e. The van der Waals surface area contributed by atoms with Gasteiger partial charge in [0, 0.05) is 32.2 Å². The molecule has 1 aliphatic heterocycles. The van der Waals surface area contributed by atoms with Gasteiger partial charge in [-0.05, 0) is 32.3 Å². The van der Waals surface area contributed by atoms with Crippen LogP contribution in [-0.2, 0) is 13.1 Å². The van der Waals surface area contributed by atoms with Crippen LogP contribution >= 0.6 is 0 Å². The SMILES string of the molecule is CCn1nc(C)cc1CN1CC(C)CC(N)C1. The number of piperidine rings is 1. The molecule has 0 spiro atoms. The van der Waals surface area contributed by atoms with E-state index in [1.54, 1.807) is 0 Å². The minimum absolute atomic E-state index is 0.331. The van der Waals surface area contributed by atoms with Crippen molar-refractivity contribution in [2.75, 3.05) is 13.1 Å². The summed E-state index contributed by atoms with van der Waals surface area (Å²) >= 11 is 0. The van der Waals surface area contributed by atoms with Gasteiger partial charge in [0.15, 0.2) is 0 Å². The molecule has 1 aromatic heterocycles. The Hall–Kier alpha value is -0.870. The molecule has 0 amide bonds. The fourth-order valence-electron chi connectivity index (χ4n) is 2.87. The Labute approximate surface area is 104 Å². The van der Waals surface area contributed by atoms with Crippen molar-refractivity contribution < 1.29 is 0 Å². The summed E-state index contributed by atoms with van der Waals surface area (Å²) in [5.41, 5.74) is 8.50. The number of aryl methyl sites for hydroxylation is 2. The molecule has 2 N–H and O–H groups in total. The predicted molar refractivity (Wildman–Crippen MR) is 69.7 cm³/mol. The van der Waals surface area contributed by atoms with Gasteiger partial charge in [0.25, 0.3) is 0 Å². The van der Waals surface area contributed by atoms with Gasteiger partial charge < -0.3 is 5.73 Å². The van der Waals surface area contributed by atoms with Crippen LogP contribution in [0.15, 0.2) is 6.07 Å². The second-order valence-corrected chi connectivity index (χ2v) is 5.39. The summed E-state index contributed by atoms with van der Waals surface area (Å²) in [6, 6.07) is 2.52. The van der Waals surface area contributed by atoms with E-state index in [2.05, 4.69) is 41.5 Å². The van der Waals surface area contributed by atoms with Gasteiger partial charge in [-0.25, -0.2) is 0 Å². The van der Waals surface area contributed by atoms with Gasteiger partial charge in [-0.2, -0.15) is 5.10 Å². The molecule has 4 nitrogen and oxygen atoms in total. The molecular formula is C13H24N4. The second-order valence-electron chi connectivity index (χ2n) is 5.39. The predicted octanol–water partition coefficient (Wildman–Crippen LogP) is 1.38. The lowest BCUT2D eigenvalue weighted by atomic mass is 9.96. The first-order valence-electron chi connectivity index (χ1n) is 6.59. The molecule has 96 valence electrons. The Morgan fingerprint density at radius 1 is 1.47 bits per heavy atom. The Bertz CT molecular complexity index is 361. The van der Waals surface area contributed by atoms with Gasteiger partial charge in [0.1, 0.15) is 0 Å². The van der Waals surface area contributed by atoms with E-state index in [9.17, 15) is 0 Å². The Morgan fingerprint density at radius 2 is 2.24 bits per heavy atom. The monoisotopic (exact) mass is 236 g/mol. The highest BCUT2D eigenvalue weighted by Crippen LogP contribution is 2.17. The van der Waals surface area contributed by atoms with E-state index < -0.39 is 0 Å². The third kappa shape index (κ3) is 3.07. The summed E-state index contributed by atoms with van der Waals surface area (Å²) in [5.74, 6) is 0.706. The molecule has 0 aromatic carbocycles. The maximum absolute atomic E-state index is 6.08. The molecular weight excluding hydrogens is 212 g/mol. The molecule has 2 rings (SSSR count). The number of nitrogens with two attached hydrogens (primary N) is 1. The van der Waals surface area contributed by atoms with Crippen molar-refractivity contribution in [3.63, 3.8) is 0 Å². The van der Waals surface area contributed by atoms with Crippen molar-refractivity contribution in [3.05, 3.63) is 17.5 Å². The van der Waals surface area contributed by atoms with Crippen LogP contribution in [0.4, 0.5) is 0 Å². The van der Waals surface area contributed by atoms with E-state index in [1.807, 2.05) is 0 Å². The Kier molecular flexibility index (Phi) is 3.84. The number of hydrogen-bond donors (Lipinski definition) is 1. The minimum atomic E-state index is 0.331. The van der Waals surface area contributed by atoms with Crippen LogP contribution in [0.2, 0.25) is 0 Å². The highest BCUT2D eigenvalue weighted by atomic mass is 15.3. The third-order valence-corrected chi connectivity index (χ3v) is 3.44. The first kappa shape index (κ1) is 12.6. The third-order valence-electron chi connectivity index (χ3n) is 3.44. The van der Waals surface area contributed by atoms with Crippen molar-refractivity contribution in [3.8, 4) is 0 Å². The number of hydrogen-bond acceptors (Lipinski definition) is 3. The molecule has 0 radical (unpaired) electrons. The fraction of sp³-hybridized carbons (Fsp3) is 0.769. The molecule has 1 saturated heterocycles. The largest absolute Gasteiger partial charge is 0.327 e. The zero-order valence-electron chi connectivity index (χ0n) is 11.2. The summed E-state index contributed by atoms with van der Waals surface area (Å²) < 4.78 is 2.10. The summed E-state index contributed by atoms with van der Waals surface area (Å²) in [7, 11) is 0. The molecule has 0 aliphatic carbocycles. The number of aromatic nitrogens is 2.